The van der Waals surface area contributed by atoms with E-state index in [-0.39, 0.29) is 5.89 Å². The molecule has 76 valence electrons. The molecule has 2 N–H and O–H groups in total. The molecule has 1 aliphatic heterocycles. The fourth-order valence-electron chi connectivity index (χ4n) is 1.30. The summed E-state index contributed by atoms with van der Waals surface area (Å²) in [5, 5.41) is 15.3. The van der Waals surface area contributed by atoms with Crippen LogP contribution in [0.5, 0.6) is 0 Å². The number of hydrogen-bond donors (Lipinski definition) is 2. The zero-order valence-corrected chi connectivity index (χ0v) is 7.43. The topological polar surface area (TPSA) is 91.5 Å². The van der Waals surface area contributed by atoms with E-state index in [1.807, 2.05) is 4.90 Å². The van der Waals surface area contributed by atoms with Crippen LogP contribution >= 0.6 is 0 Å². The maximum atomic E-state index is 10.5. The van der Waals surface area contributed by atoms with Gasteiger partial charge in [0.05, 0.1) is 0 Å². The molecule has 2 heterocycles. The van der Waals surface area contributed by atoms with E-state index < -0.39 is 5.97 Å². The third-order valence-corrected chi connectivity index (χ3v) is 2.00. The van der Waals surface area contributed by atoms with E-state index in [2.05, 4.69) is 20.0 Å². The maximum Gasteiger partial charge on any atom is 0.394 e. The first-order valence-corrected chi connectivity index (χ1v) is 4.30. The van der Waals surface area contributed by atoms with Gasteiger partial charge < -0.3 is 19.8 Å². The van der Waals surface area contributed by atoms with Crippen LogP contribution in [0.25, 0.3) is 0 Å². The highest BCUT2D eigenvalue weighted by Crippen LogP contribution is 2.09. The summed E-state index contributed by atoms with van der Waals surface area (Å²) in [4.78, 5) is 16.1. The summed E-state index contributed by atoms with van der Waals surface area (Å²) in [7, 11) is 0. The highest BCUT2D eigenvalue weighted by Gasteiger charge is 2.19. The van der Waals surface area contributed by atoms with Crippen LogP contribution in [0.1, 0.15) is 10.7 Å². The Balaban J connectivity index is 2.11. The van der Waals surface area contributed by atoms with Gasteiger partial charge in [-0.25, -0.2) is 4.79 Å². The molecule has 1 aromatic heterocycles. The Morgan fingerprint density at radius 1 is 1.50 bits per heavy atom. The van der Waals surface area contributed by atoms with Gasteiger partial charge in [0.25, 0.3) is 5.95 Å². The number of nitrogens with one attached hydrogen (secondary N) is 1. The first kappa shape index (κ1) is 8.95. The van der Waals surface area contributed by atoms with Gasteiger partial charge in [-0.15, -0.1) is 0 Å². The Morgan fingerprint density at radius 2 is 2.21 bits per heavy atom. The summed E-state index contributed by atoms with van der Waals surface area (Å²) >= 11 is 0. The lowest BCUT2D eigenvalue weighted by atomic mass is 10.4. The summed E-state index contributed by atoms with van der Waals surface area (Å²) in [5.74, 6) is -1.21. The summed E-state index contributed by atoms with van der Waals surface area (Å²) in [6, 6.07) is 0. The first-order valence-electron chi connectivity index (χ1n) is 4.30. The van der Waals surface area contributed by atoms with Gasteiger partial charge in [0.15, 0.2) is 0 Å². The summed E-state index contributed by atoms with van der Waals surface area (Å²) in [6.45, 7) is 3.21. The minimum absolute atomic E-state index is 0.351. The molecule has 0 saturated carbocycles. The molecule has 7 heteroatoms. The minimum Gasteiger partial charge on any atom is -0.474 e. The molecule has 1 saturated heterocycles. The largest absolute Gasteiger partial charge is 0.474 e. The van der Waals surface area contributed by atoms with Crippen molar-refractivity contribution in [2.45, 2.75) is 0 Å². The highest BCUT2D eigenvalue weighted by molar-refractivity contribution is 5.82. The average molecular weight is 198 g/mol. The van der Waals surface area contributed by atoms with Crippen molar-refractivity contribution in [3.05, 3.63) is 5.89 Å². The SMILES string of the molecule is O=C(O)c1nc(N2CCNCC2)no1. The third kappa shape index (κ3) is 1.67. The van der Waals surface area contributed by atoms with Crippen LogP contribution in [0.3, 0.4) is 0 Å². The number of carboxylic acids is 1. The van der Waals surface area contributed by atoms with Crippen molar-refractivity contribution < 1.29 is 14.4 Å². The number of aromatic carboxylic acids is 1. The van der Waals surface area contributed by atoms with Gasteiger partial charge in [-0.05, 0) is 5.16 Å². The second-order valence-corrected chi connectivity index (χ2v) is 2.94. The lowest BCUT2D eigenvalue weighted by Crippen LogP contribution is -2.44. The van der Waals surface area contributed by atoms with Crippen molar-refractivity contribution in [2.75, 3.05) is 31.1 Å². The van der Waals surface area contributed by atoms with Crippen molar-refractivity contribution in [3.63, 3.8) is 0 Å². The van der Waals surface area contributed by atoms with Crippen molar-refractivity contribution in [1.82, 2.24) is 15.5 Å². The number of anilines is 1. The number of piperazine rings is 1. The molecule has 0 spiro atoms. The van der Waals surface area contributed by atoms with Crippen LogP contribution in [0, 0.1) is 0 Å². The molecule has 0 bridgehead atoms. The molecule has 2 rings (SSSR count). The van der Waals surface area contributed by atoms with E-state index in [1.54, 1.807) is 0 Å². The number of nitrogens with zero attached hydrogens (tertiary/aromatic N) is 3. The fraction of sp³-hybridized carbons (Fsp3) is 0.571. The van der Waals surface area contributed by atoms with Crippen LogP contribution in [0.15, 0.2) is 4.52 Å². The second-order valence-electron chi connectivity index (χ2n) is 2.94. The average Bonchev–Trinajstić information content (AvgIpc) is 2.68. The van der Waals surface area contributed by atoms with E-state index >= 15 is 0 Å². The lowest BCUT2D eigenvalue weighted by molar-refractivity contribution is 0.0643. The van der Waals surface area contributed by atoms with Crippen LogP contribution in [-0.2, 0) is 0 Å². The van der Waals surface area contributed by atoms with Crippen molar-refractivity contribution in [3.8, 4) is 0 Å². The van der Waals surface area contributed by atoms with Crippen LogP contribution < -0.4 is 10.2 Å². The van der Waals surface area contributed by atoms with E-state index in [0.717, 1.165) is 26.2 Å². The zero-order valence-electron chi connectivity index (χ0n) is 7.43. The summed E-state index contributed by atoms with van der Waals surface area (Å²) < 4.78 is 4.56. The number of carboxylic acid groups (broad SMARTS) is 1. The third-order valence-electron chi connectivity index (χ3n) is 2.00. The smallest absolute Gasteiger partial charge is 0.394 e. The molecule has 0 aliphatic carbocycles. The van der Waals surface area contributed by atoms with E-state index in [0.29, 0.717) is 5.95 Å². The Hall–Kier alpha value is -1.63. The number of rotatable bonds is 2. The van der Waals surface area contributed by atoms with Gasteiger partial charge >= 0.3 is 11.9 Å². The van der Waals surface area contributed by atoms with Crippen LogP contribution in [0.4, 0.5) is 5.95 Å². The van der Waals surface area contributed by atoms with Crippen LogP contribution in [-0.4, -0.2) is 47.4 Å². The Kier molecular flexibility index (Phi) is 2.32. The molecule has 0 atom stereocenters. The number of hydrogen-bond acceptors (Lipinski definition) is 6. The second kappa shape index (κ2) is 3.62. The van der Waals surface area contributed by atoms with Gasteiger partial charge in [0.2, 0.25) is 0 Å². The molecule has 1 aliphatic rings. The van der Waals surface area contributed by atoms with Gasteiger partial charge in [-0.2, -0.15) is 4.98 Å². The van der Waals surface area contributed by atoms with Gasteiger partial charge in [0, 0.05) is 26.2 Å². The Morgan fingerprint density at radius 3 is 2.79 bits per heavy atom. The van der Waals surface area contributed by atoms with Crippen LogP contribution in [0.2, 0.25) is 0 Å². The molecule has 1 aromatic rings. The van der Waals surface area contributed by atoms with E-state index in [1.165, 1.54) is 0 Å². The maximum absolute atomic E-state index is 10.5. The predicted octanol–water partition coefficient (Wildman–Crippen LogP) is -0.823. The first-order chi connectivity index (χ1) is 6.77. The highest BCUT2D eigenvalue weighted by atomic mass is 16.5. The normalized spacial score (nSPS) is 17.0. The van der Waals surface area contributed by atoms with E-state index in [4.69, 9.17) is 5.11 Å². The molecule has 14 heavy (non-hydrogen) atoms. The molecular formula is C7H10N4O3. The Labute approximate surface area is 79.7 Å². The molecule has 0 aromatic carbocycles. The van der Waals surface area contributed by atoms with Crippen molar-refractivity contribution in [2.24, 2.45) is 0 Å². The van der Waals surface area contributed by atoms with Gasteiger partial charge in [0.1, 0.15) is 0 Å². The predicted molar refractivity (Wildman–Crippen MR) is 46.3 cm³/mol. The number of carbonyl (C=O) groups is 1. The molecule has 1 fully saturated rings. The summed E-state index contributed by atoms with van der Waals surface area (Å²) in [5.41, 5.74) is 0. The quantitative estimate of drug-likeness (QED) is 0.641. The van der Waals surface area contributed by atoms with Gasteiger partial charge in [-0.3, -0.25) is 0 Å². The molecular weight excluding hydrogens is 188 g/mol. The van der Waals surface area contributed by atoms with Crippen molar-refractivity contribution in [1.29, 1.82) is 0 Å². The molecule has 0 radical (unpaired) electrons. The zero-order chi connectivity index (χ0) is 9.97. The minimum atomic E-state index is -1.20. The number of aromatic nitrogens is 2. The van der Waals surface area contributed by atoms with Gasteiger partial charge in [-0.1, -0.05) is 0 Å². The van der Waals surface area contributed by atoms with Crippen molar-refractivity contribution >= 4 is 11.9 Å². The Bertz CT molecular complexity index is 331. The summed E-state index contributed by atoms with van der Waals surface area (Å²) in [6.07, 6.45) is 0. The molecule has 0 amide bonds. The molecule has 7 nitrogen and oxygen atoms in total. The fourth-order valence-corrected chi connectivity index (χ4v) is 1.30. The lowest BCUT2D eigenvalue weighted by Gasteiger charge is -2.25. The van der Waals surface area contributed by atoms with E-state index in [9.17, 15) is 4.79 Å². The monoisotopic (exact) mass is 198 g/mol. The molecule has 0 unspecified atom stereocenters. The standard InChI is InChI=1S/C7H10N4O3/c12-6(13)5-9-7(10-14-5)11-3-1-8-2-4-11/h8H,1-4H2,(H,12,13).